The maximum atomic E-state index is 13.0. The van der Waals surface area contributed by atoms with Crippen LogP contribution in [0.25, 0.3) is 0 Å². The quantitative estimate of drug-likeness (QED) is 0.118. The molecule has 0 saturated carbocycles. The summed E-state index contributed by atoms with van der Waals surface area (Å²) in [5.41, 5.74) is 6.69. The third-order valence-electron chi connectivity index (χ3n) is 6.39. The number of nitrogens with two attached hydrogens (primary N) is 1. The van der Waals surface area contributed by atoms with Crippen molar-refractivity contribution >= 4 is 28.9 Å². The van der Waals surface area contributed by atoms with Crippen LogP contribution in [0.4, 0.5) is 30.5 Å². The topological polar surface area (TPSA) is 130 Å². The van der Waals surface area contributed by atoms with Crippen molar-refractivity contribution in [2.24, 2.45) is 0 Å². The number of nitrogens with one attached hydrogen (secondary N) is 3. The zero-order chi connectivity index (χ0) is 30.0. The Morgan fingerprint density at radius 3 is 2.56 bits per heavy atom. The molecule has 0 saturated heterocycles. The number of pyridine rings is 1. The van der Waals surface area contributed by atoms with Gasteiger partial charge in [0.15, 0.2) is 0 Å². The first-order valence-corrected chi connectivity index (χ1v) is 13.5. The summed E-state index contributed by atoms with van der Waals surface area (Å²) in [6.45, 7) is 6.09. The molecule has 216 valence electrons. The zero-order valence-corrected chi connectivity index (χ0v) is 23.3. The van der Waals surface area contributed by atoms with Gasteiger partial charge in [0.2, 0.25) is 0 Å². The Kier molecular flexibility index (Phi) is 10.8. The molecule has 3 aromatic rings. The SMILES string of the molecule is CCCCCC(CCC)Nc1ncnc(N)c1C(=N)C#Cc1cc(NC(=O)c2ccnc(C(F)(F)F)c2)ccc1C. The summed E-state index contributed by atoms with van der Waals surface area (Å²) in [6.07, 6.45) is 3.88. The summed E-state index contributed by atoms with van der Waals surface area (Å²) in [5, 5.41) is 14.7. The molecule has 0 radical (unpaired) electrons. The highest BCUT2D eigenvalue weighted by atomic mass is 19.4. The van der Waals surface area contributed by atoms with E-state index in [1.165, 1.54) is 12.4 Å². The number of amides is 1. The van der Waals surface area contributed by atoms with Crippen LogP contribution in [0.3, 0.4) is 0 Å². The number of hydrogen-bond donors (Lipinski definition) is 4. The minimum absolute atomic E-state index is 0.0697. The molecule has 0 spiro atoms. The number of hydrogen-bond acceptors (Lipinski definition) is 7. The third kappa shape index (κ3) is 8.76. The van der Waals surface area contributed by atoms with E-state index in [0.717, 1.165) is 50.3 Å². The van der Waals surface area contributed by atoms with Crippen molar-refractivity contribution in [3.8, 4) is 11.8 Å². The van der Waals surface area contributed by atoms with E-state index in [9.17, 15) is 18.0 Å². The first kappa shape index (κ1) is 31.1. The number of alkyl halides is 3. The first-order valence-electron chi connectivity index (χ1n) is 13.5. The van der Waals surface area contributed by atoms with Crippen LogP contribution in [-0.2, 0) is 6.18 Å². The summed E-state index contributed by atoms with van der Waals surface area (Å²) in [5.74, 6) is 5.64. The van der Waals surface area contributed by atoms with Crippen molar-refractivity contribution in [1.82, 2.24) is 15.0 Å². The minimum Gasteiger partial charge on any atom is -0.383 e. The van der Waals surface area contributed by atoms with Crippen molar-refractivity contribution in [1.29, 1.82) is 5.41 Å². The fourth-order valence-corrected chi connectivity index (χ4v) is 4.18. The van der Waals surface area contributed by atoms with Crippen molar-refractivity contribution in [2.75, 3.05) is 16.4 Å². The van der Waals surface area contributed by atoms with Crippen LogP contribution < -0.4 is 16.4 Å². The van der Waals surface area contributed by atoms with Crippen LogP contribution in [0.1, 0.15) is 85.1 Å². The number of unbranched alkanes of at least 4 members (excludes halogenated alkanes) is 2. The van der Waals surface area contributed by atoms with E-state index in [-0.39, 0.29) is 23.1 Å². The Bertz CT molecular complexity index is 1440. The molecule has 0 aliphatic rings. The number of benzene rings is 1. The second-order valence-corrected chi connectivity index (χ2v) is 9.64. The maximum absolute atomic E-state index is 13.0. The van der Waals surface area contributed by atoms with E-state index in [1.807, 2.05) is 6.92 Å². The van der Waals surface area contributed by atoms with Gasteiger partial charge in [0.05, 0.1) is 5.56 Å². The molecule has 1 aromatic carbocycles. The standard InChI is InChI=1S/C30H34F3N7O/c1-4-6-7-9-22(8-5-2)39-28-26(27(35)37-18-38-28)24(34)13-11-20-16-23(12-10-19(20)3)40-29(41)21-14-15-36-25(17-21)30(31,32)33/h10,12,14-18,22,34H,4-9H2,1-3H3,(H,40,41)(H3,35,37,38,39). The average Bonchev–Trinajstić information content (AvgIpc) is 2.93. The summed E-state index contributed by atoms with van der Waals surface area (Å²) >= 11 is 0. The Morgan fingerprint density at radius 1 is 1.07 bits per heavy atom. The molecule has 1 amide bonds. The Hall–Kier alpha value is -4.46. The van der Waals surface area contributed by atoms with Gasteiger partial charge in [0.25, 0.3) is 5.91 Å². The molecule has 41 heavy (non-hydrogen) atoms. The average molecular weight is 566 g/mol. The molecular formula is C30H34F3N7O. The highest BCUT2D eigenvalue weighted by Gasteiger charge is 2.33. The molecule has 0 aliphatic carbocycles. The van der Waals surface area contributed by atoms with Crippen molar-refractivity contribution < 1.29 is 18.0 Å². The van der Waals surface area contributed by atoms with Gasteiger partial charge in [0, 0.05) is 29.1 Å². The molecule has 5 N–H and O–H groups in total. The Labute approximate surface area is 237 Å². The van der Waals surface area contributed by atoms with E-state index >= 15 is 0 Å². The molecule has 0 aliphatic heterocycles. The Balaban J connectivity index is 1.82. The summed E-state index contributed by atoms with van der Waals surface area (Å²) in [4.78, 5) is 24.3. The van der Waals surface area contributed by atoms with Gasteiger partial charge < -0.3 is 16.4 Å². The predicted octanol–water partition coefficient (Wildman–Crippen LogP) is 6.61. The van der Waals surface area contributed by atoms with Crippen molar-refractivity contribution in [3.63, 3.8) is 0 Å². The van der Waals surface area contributed by atoms with Crippen LogP contribution in [-0.4, -0.2) is 32.6 Å². The number of carbonyl (C=O) groups is 1. The van der Waals surface area contributed by atoms with Gasteiger partial charge in [-0.1, -0.05) is 51.5 Å². The number of halogens is 3. The lowest BCUT2D eigenvalue weighted by Crippen LogP contribution is -2.22. The number of rotatable bonds is 11. The fraction of sp³-hybridized carbons (Fsp3) is 0.367. The van der Waals surface area contributed by atoms with Crippen molar-refractivity contribution in [2.45, 2.75) is 71.5 Å². The lowest BCUT2D eigenvalue weighted by Gasteiger charge is -2.20. The van der Waals surface area contributed by atoms with E-state index in [4.69, 9.17) is 11.1 Å². The number of nitrogen functional groups attached to an aromatic ring is 1. The summed E-state index contributed by atoms with van der Waals surface area (Å²) < 4.78 is 39.0. The molecule has 1 atom stereocenters. The van der Waals surface area contributed by atoms with Gasteiger partial charge >= 0.3 is 6.18 Å². The monoisotopic (exact) mass is 565 g/mol. The number of aromatic nitrogens is 3. The highest BCUT2D eigenvalue weighted by Crippen LogP contribution is 2.28. The highest BCUT2D eigenvalue weighted by molar-refractivity contribution is 6.16. The largest absolute Gasteiger partial charge is 0.433 e. The first-order chi connectivity index (χ1) is 19.5. The maximum Gasteiger partial charge on any atom is 0.433 e. The minimum atomic E-state index is -4.66. The molecule has 0 bridgehead atoms. The van der Waals surface area contributed by atoms with E-state index in [2.05, 4.69) is 51.3 Å². The Morgan fingerprint density at radius 2 is 1.85 bits per heavy atom. The van der Waals surface area contributed by atoms with Gasteiger partial charge in [0.1, 0.15) is 29.4 Å². The van der Waals surface area contributed by atoms with Crippen molar-refractivity contribution in [3.05, 3.63) is 70.8 Å². The number of anilines is 3. The fourth-order valence-electron chi connectivity index (χ4n) is 4.18. The van der Waals surface area contributed by atoms with Gasteiger partial charge in [-0.05, 0) is 55.5 Å². The number of aryl methyl sites for hydroxylation is 1. The molecule has 2 aromatic heterocycles. The molecular weight excluding hydrogens is 531 g/mol. The molecule has 8 nitrogen and oxygen atoms in total. The van der Waals surface area contributed by atoms with Crippen LogP contribution in [0.5, 0.6) is 0 Å². The lowest BCUT2D eigenvalue weighted by atomic mass is 10.0. The van der Waals surface area contributed by atoms with Crippen LogP contribution in [0.15, 0.2) is 42.9 Å². The molecule has 0 fully saturated rings. The summed E-state index contributed by atoms with van der Waals surface area (Å²) in [6, 6.07) is 7.00. The van der Waals surface area contributed by atoms with E-state index in [0.29, 0.717) is 28.7 Å². The van der Waals surface area contributed by atoms with Crippen LogP contribution >= 0.6 is 0 Å². The van der Waals surface area contributed by atoms with Gasteiger partial charge in [-0.2, -0.15) is 13.2 Å². The zero-order valence-electron chi connectivity index (χ0n) is 23.3. The van der Waals surface area contributed by atoms with Crippen LogP contribution in [0, 0.1) is 24.2 Å². The smallest absolute Gasteiger partial charge is 0.383 e. The number of carbonyl (C=O) groups excluding carboxylic acids is 1. The van der Waals surface area contributed by atoms with Crippen LogP contribution in [0.2, 0.25) is 0 Å². The lowest BCUT2D eigenvalue weighted by molar-refractivity contribution is -0.141. The van der Waals surface area contributed by atoms with E-state index < -0.39 is 17.8 Å². The molecule has 1 unspecified atom stereocenters. The van der Waals surface area contributed by atoms with Gasteiger partial charge in [-0.3, -0.25) is 15.2 Å². The van der Waals surface area contributed by atoms with E-state index in [1.54, 1.807) is 18.2 Å². The third-order valence-corrected chi connectivity index (χ3v) is 6.39. The summed E-state index contributed by atoms with van der Waals surface area (Å²) in [7, 11) is 0. The number of nitrogens with zero attached hydrogens (tertiary/aromatic N) is 3. The van der Waals surface area contributed by atoms with Gasteiger partial charge in [-0.25, -0.2) is 9.97 Å². The normalized spacial score (nSPS) is 11.8. The molecule has 3 rings (SSSR count). The van der Waals surface area contributed by atoms with Gasteiger partial charge in [-0.15, -0.1) is 0 Å². The second-order valence-electron chi connectivity index (χ2n) is 9.64. The molecule has 11 heteroatoms. The molecule has 2 heterocycles. The predicted molar refractivity (Wildman–Crippen MR) is 155 cm³/mol. The second kappa shape index (κ2) is 14.3.